The third-order valence-electron chi connectivity index (χ3n) is 5.14. The van der Waals surface area contributed by atoms with Crippen molar-refractivity contribution in [1.29, 1.82) is 0 Å². The second-order valence-electron chi connectivity index (χ2n) is 7.06. The highest BCUT2D eigenvalue weighted by atomic mass is 16.5. The van der Waals surface area contributed by atoms with Gasteiger partial charge in [-0.25, -0.2) is 0 Å². The molecule has 0 aromatic heterocycles. The predicted molar refractivity (Wildman–Crippen MR) is 104 cm³/mol. The summed E-state index contributed by atoms with van der Waals surface area (Å²) in [6, 6.07) is 16.7. The van der Waals surface area contributed by atoms with Crippen LogP contribution >= 0.6 is 0 Å². The number of hydrogen-bond donors (Lipinski definition) is 0. The molecule has 1 atom stereocenters. The molecule has 0 aliphatic carbocycles. The Hall–Kier alpha value is -2.86. The smallest absolute Gasteiger partial charge is 0.254 e. The van der Waals surface area contributed by atoms with Crippen molar-refractivity contribution < 1.29 is 19.1 Å². The Morgan fingerprint density at radius 3 is 2.32 bits per heavy atom. The number of rotatable bonds is 4. The lowest BCUT2D eigenvalue weighted by atomic mass is 10.1. The number of amides is 2. The Labute approximate surface area is 164 Å². The van der Waals surface area contributed by atoms with Crippen LogP contribution in [-0.2, 0) is 9.53 Å². The zero-order valence-corrected chi connectivity index (χ0v) is 15.8. The normalized spacial score (nSPS) is 19.5. The fourth-order valence-electron chi connectivity index (χ4n) is 3.61. The zero-order valence-electron chi connectivity index (χ0n) is 15.8. The molecule has 146 valence electrons. The third kappa shape index (κ3) is 4.17. The van der Waals surface area contributed by atoms with E-state index in [0.29, 0.717) is 44.1 Å². The largest absolute Gasteiger partial charge is 0.457 e. The number of para-hydroxylation sites is 1. The lowest BCUT2D eigenvalue weighted by molar-refractivity contribution is -0.142. The first-order chi connectivity index (χ1) is 13.7. The van der Waals surface area contributed by atoms with Gasteiger partial charge in [-0.2, -0.15) is 0 Å². The summed E-state index contributed by atoms with van der Waals surface area (Å²) in [7, 11) is 0. The van der Waals surface area contributed by atoms with Crippen molar-refractivity contribution in [1.82, 2.24) is 9.80 Å². The molecule has 6 heteroatoms. The Bertz CT molecular complexity index is 825. The van der Waals surface area contributed by atoms with Crippen LogP contribution < -0.4 is 4.74 Å². The van der Waals surface area contributed by atoms with Gasteiger partial charge >= 0.3 is 0 Å². The zero-order chi connectivity index (χ0) is 19.3. The highest BCUT2D eigenvalue weighted by Crippen LogP contribution is 2.23. The van der Waals surface area contributed by atoms with Crippen LogP contribution in [0.1, 0.15) is 23.2 Å². The Morgan fingerprint density at radius 1 is 0.893 bits per heavy atom. The molecule has 2 aliphatic heterocycles. The maximum absolute atomic E-state index is 12.9. The van der Waals surface area contributed by atoms with E-state index >= 15 is 0 Å². The Kier molecular flexibility index (Phi) is 5.58. The van der Waals surface area contributed by atoms with Crippen molar-refractivity contribution in [2.75, 3.05) is 32.8 Å². The molecule has 2 saturated heterocycles. The fraction of sp³-hybridized carbons (Fsp3) is 0.364. The highest BCUT2D eigenvalue weighted by molar-refractivity contribution is 5.95. The van der Waals surface area contributed by atoms with Crippen LogP contribution in [0.4, 0.5) is 0 Å². The lowest BCUT2D eigenvalue weighted by Gasteiger charge is -2.35. The molecule has 2 aliphatic rings. The maximum atomic E-state index is 12.9. The average Bonchev–Trinajstić information content (AvgIpc) is 3.29. The summed E-state index contributed by atoms with van der Waals surface area (Å²) >= 11 is 0. The van der Waals surface area contributed by atoms with Gasteiger partial charge in [0.25, 0.3) is 11.8 Å². The first kappa shape index (κ1) is 18.5. The molecular weight excluding hydrogens is 356 g/mol. The van der Waals surface area contributed by atoms with Crippen molar-refractivity contribution in [3.63, 3.8) is 0 Å². The summed E-state index contributed by atoms with van der Waals surface area (Å²) < 4.78 is 11.3. The van der Waals surface area contributed by atoms with E-state index in [4.69, 9.17) is 9.47 Å². The quantitative estimate of drug-likeness (QED) is 0.818. The lowest BCUT2D eigenvalue weighted by Crippen LogP contribution is -2.52. The minimum Gasteiger partial charge on any atom is -0.457 e. The topological polar surface area (TPSA) is 59.1 Å². The predicted octanol–water partition coefficient (Wildman–Crippen LogP) is 2.94. The standard InChI is InChI=1S/C22H24N2O4/c25-21(17-6-4-9-19(16-17)28-18-7-2-1-3-8-18)23-11-13-24(14-12-23)22(26)20-10-5-15-27-20/h1-4,6-9,16,20H,5,10-15H2. The van der Waals surface area contributed by atoms with Gasteiger partial charge in [-0.3, -0.25) is 9.59 Å². The van der Waals surface area contributed by atoms with E-state index in [1.807, 2.05) is 47.4 Å². The van der Waals surface area contributed by atoms with Gasteiger partial charge in [-0.05, 0) is 43.2 Å². The number of carbonyl (C=O) groups excluding carboxylic acids is 2. The van der Waals surface area contributed by atoms with Gasteiger partial charge in [-0.15, -0.1) is 0 Å². The molecule has 4 rings (SSSR count). The van der Waals surface area contributed by atoms with E-state index in [1.54, 1.807) is 17.0 Å². The van der Waals surface area contributed by atoms with Crippen LogP contribution in [0.2, 0.25) is 0 Å². The van der Waals surface area contributed by atoms with Gasteiger partial charge < -0.3 is 19.3 Å². The molecule has 2 aromatic carbocycles. The fourth-order valence-corrected chi connectivity index (χ4v) is 3.61. The molecule has 1 unspecified atom stereocenters. The van der Waals surface area contributed by atoms with Crippen molar-refractivity contribution in [2.24, 2.45) is 0 Å². The minimum absolute atomic E-state index is 0.0391. The third-order valence-corrected chi connectivity index (χ3v) is 5.14. The van der Waals surface area contributed by atoms with Gasteiger partial charge in [0, 0.05) is 38.3 Å². The molecule has 0 spiro atoms. The summed E-state index contributed by atoms with van der Waals surface area (Å²) in [5.41, 5.74) is 0.590. The van der Waals surface area contributed by atoms with Gasteiger partial charge in [0.1, 0.15) is 17.6 Å². The molecule has 0 radical (unpaired) electrons. The van der Waals surface area contributed by atoms with Crippen LogP contribution in [-0.4, -0.2) is 60.5 Å². The summed E-state index contributed by atoms with van der Waals surface area (Å²) in [6.07, 6.45) is 1.44. The van der Waals surface area contributed by atoms with Gasteiger partial charge in [-0.1, -0.05) is 24.3 Å². The van der Waals surface area contributed by atoms with Crippen molar-refractivity contribution in [2.45, 2.75) is 18.9 Å². The first-order valence-corrected chi connectivity index (χ1v) is 9.73. The Balaban J connectivity index is 1.36. The van der Waals surface area contributed by atoms with E-state index in [2.05, 4.69) is 0 Å². The van der Waals surface area contributed by atoms with Gasteiger partial charge in [0.05, 0.1) is 0 Å². The number of ether oxygens (including phenoxy) is 2. The molecule has 2 amide bonds. The molecule has 28 heavy (non-hydrogen) atoms. The van der Waals surface area contributed by atoms with Crippen molar-refractivity contribution in [3.8, 4) is 11.5 Å². The van der Waals surface area contributed by atoms with E-state index < -0.39 is 0 Å². The maximum Gasteiger partial charge on any atom is 0.254 e. The number of carbonyl (C=O) groups is 2. The van der Waals surface area contributed by atoms with E-state index in [1.165, 1.54) is 0 Å². The van der Waals surface area contributed by atoms with Gasteiger partial charge in [0.15, 0.2) is 0 Å². The first-order valence-electron chi connectivity index (χ1n) is 9.73. The average molecular weight is 380 g/mol. The van der Waals surface area contributed by atoms with Crippen LogP contribution in [0, 0.1) is 0 Å². The second-order valence-corrected chi connectivity index (χ2v) is 7.06. The van der Waals surface area contributed by atoms with Gasteiger partial charge in [0.2, 0.25) is 0 Å². The molecule has 2 fully saturated rings. The number of piperazine rings is 1. The number of benzene rings is 2. The van der Waals surface area contributed by atoms with Crippen LogP contribution in [0.25, 0.3) is 0 Å². The summed E-state index contributed by atoms with van der Waals surface area (Å²) in [5.74, 6) is 1.38. The van der Waals surface area contributed by atoms with E-state index in [9.17, 15) is 9.59 Å². The van der Waals surface area contributed by atoms with Crippen molar-refractivity contribution >= 4 is 11.8 Å². The van der Waals surface area contributed by atoms with Crippen LogP contribution in [0.5, 0.6) is 11.5 Å². The molecule has 6 nitrogen and oxygen atoms in total. The molecule has 2 aromatic rings. The number of hydrogen-bond acceptors (Lipinski definition) is 4. The van der Waals surface area contributed by atoms with Crippen LogP contribution in [0.3, 0.4) is 0 Å². The second kappa shape index (κ2) is 8.44. The monoisotopic (exact) mass is 380 g/mol. The van der Waals surface area contributed by atoms with E-state index in [0.717, 1.165) is 18.6 Å². The summed E-state index contributed by atoms with van der Waals surface area (Å²) in [6.45, 7) is 2.81. The van der Waals surface area contributed by atoms with E-state index in [-0.39, 0.29) is 17.9 Å². The SMILES string of the molecule is O=C(c1cccc(Oc2ccccc2)c1)N1CCN(C(=O)C2CCCO2)CC1. The Morgan fingerprint density at radius 2 is 1.61 bits per heavy atom. The number of nitrogens with zero attached hydrogens (tertiary/aromatic N) is 2. The summed E-state index contributed by atoms with van der Waals surface area (Å²) in [4.78, 5) is 28.9. The molecule has 0 bridgehead atoms. The summed E-state index contributed by atoms with van der Waals surface area (Å²) in [5, 5.41) is 0. The molecule has 0 saturated carbocycles. The highest BCUT2D eigenvalue weighted by Gasteiger charge is 2.31. The molecule has 2 heterocycles. The minimum atomic E-state index is -0.297. The van der Waals surface area contributed by atoms with Crippen molar-refractivity contribution in [3.05, 3.63) is 60.2 Å². The van der Waals surface area contributed by atoms with Crippen LogP contribution in [0.15, 0.2) is 54.6 Å². The molecular formula is C22H24N2O4. The molecule has 0 N–H and O–H groups in total.